The molecule has 94 valence electrons. The second-order valence-corrected chi connectivity index (χ2v) is 5.81. The zero-order valence-electron chi connectivity index (χ0n) is 11.2. The van der Waals surface area contributed by atoms with Crippen molar-refractivity contribution >= 4 is 5.69 Å². The van der Waals surface area contributed by atoms with E-state index >= 15 is 0 Å². The van der Waals surface area contributed by atoms with E-state index in [0.717, 1.165) is 5.92 Å². The molecule has 0 bridgehead atoms. The third-order valence-corrected chi connectivity index (χ3v) is 4.06. The molecule has 2 rings (SSSR count). The highest BCUT2D eigenvalue weighted by molar-refractivity contribution is 5.50. The Labute approximate surface area is 105 Å². The lowest BCUT2D eigenvalue weighted by atomic mass is 9.84. The molecule has 1 aromatic rings. The smallest absolute Gasteiger partial charge is 0.0366 e. The maximum Gasteiger partial charge on any atom is 0.0366 e. The van der Waals surface area contributed by atoms with Gasteiger partial charge in [0, 0.05) is 30.7 Å². The van der Waals surface area contributed by atoms with Crippen molar-refractivity contribution in [3.8, 4) is 0 Å². The molecule has 0 saturated carbocycles. The minimum Gasteiger partial charge on any atom is -0.371 e. The molecule has 0 aliphatic carbocycles. The van der Waals surface area contributed by atoms with Gasteiger partial charge in [-0.15, -0.1) is 0 Å². The molecular weight excluding hydrogens is 208 g/mol. The van der Waals surface area contributed by atoms with E-state index in [-0.39, 0.29) is 5.41 Å². The summed E-state index contributed by atoms with van der Waals surface area (Å²) in [6, 6.07) is 8.92. The molecule has 1 heterocycles. The molecular formula is C15H24N2. The second kappa shape index (κ2) is 4.69. The van der Waals surface area contributed by atoms with Crippen molar-refractivity contribution in [3.63, 3.8) is 0 Å². The Morgan fingerprint density at radius 1 is 1.24 bits per heavy atom. The number of hydrogen-bond acceptors (Lipinski definition) is 2. The Balaban J connectivity index is 2.04. The van der Waals surface area contributed by atoms with Gasteiger partial charge in [-0.2, -0.15) is 0 Å². The first-order valence-corrected chi connectivity index (χ1v) is 6.62. The molecule has 1 saturated heterocycles. The van der Waals surface area contributed by atoms with Crippen molar-refractivity contribution in [2.45, 2.75) is 32.6 Å². The van der Waals surface area contributed by atoms with E-state index < -0.39 is 0 Å². The Morgan fingerprint density at radius 2 is 1.82 bits per heavy atom. The standard InChI is InChI=1S/C15H24N2/c1-4-12-9-17(10-12)14-7-5-13(6-8-14)15(2,3)11-16/h5-8,12H,4,9-11,16H2,1-3H3. The Bertz CT molecular complexity index is 361. The lowest BCUT2D eigenvalue weighted by Crippen LogP contribution is -2.46. The Morgan fingerprint density at radius 3 is 2.29 bits per heavy atom. The Kier molecular flexibility index (Phi) is 3.43. The average molecular weight is 232 g/mol. The number of anilines is 1. The monoisotopic (exact) mass is 232 g/mol. The van der Waals surface area contributed by atoms with Crippen molar-refractivity contribution < 1.29 is 0 Å². The van der Waals surface area contributed by atoms with E-state index in [2.05, 4.69) is 49.9 Å². The van der Waals surface area contributed by atoms with Crippen LogP contribution in [0.1, 0.15) is 32.8 Å². The van der Waals surface area contributed by atoms with Crippen LogP contribution in [0.2, 0.25) is 0 Å². The molecule has 0 atom stereocenters. The third kappa shape index (κ3) is 2.47. The van der Waals surface area contributed by atoms with Gasteiger partial charge >= 0.3 is 0 Å². The lowest BCUT2D eigenvalue weighted by Gasteiger charge is -2.41. The summed E-state index contributed by atoms with van der Waals surface area (Å²) in [5.41, 5.74) is 8.57. The average Bonchev–Trinajstić information content (AvgIpc) is 2.28. The van der Waals surface area contributed by atoms with Crippen molar-refractivity contribution in [3.05, 3.63) is 29.8 Å². The van der Waals surface area contributed by atoms with Crippen LogP contribution in [-0.2, 0) is 5.41 Å². The van der Waals surface area contributed by atoms with E-state index in [9.17, 15) is 0 Å². The summed E-state index contributed by atoms with van der Waals surface area (Å²) in [6.07, 6.45) is 1.30. The van der Waals surface area contributed by atoms with Gasteiger partial charge in [0.25, 0.3) is 0 Å². The van der Waals surface area contributed by atoms with E-state index in [1.165, 1.54) is 30.8 Å². The molecule has 1 fully saturated rings. The second-order valence-electron chi connectivity index (χ2n) is 5.81. The maximum atomic E-state index is 5.80. The number of hydrogen-bond donors (Lipinski definition) is 1. The fourth-order valence-electron chi connectivity index (χ4n) is 2.28. The molecule has 2 nitrogen and oxygen atoms in total. The summed E-state index contributed by atoms with van der Waals surface area (Å²) >= 11 is 0. The SMILES string of the molecule is CCC1CN(c2ccc(C(C)(C)CN)cc2)C1. The molecule has 0 unspecified atom stereocenters. The molecule has 0 radical (unpaired) electrons. The summed E-state index contributed by atoms with van der Waals surface area (Å²) in [6.45, 7) is 9.78. The van der Waals surface area contributed by atoms with Crippen LogP contribution in [0.4, 0.5) is 5.69 Å². The summed E-state index contributed by atoms with van der Waals surface area (Å²) in [4.78, 5) is 2.45. The molecule has 1 aromatic carbocycles. The number of nitrogens with two attached hydrogens (primary N) is 1. The van der Waals surface area contributed by atoms with Crippen LogP contribution < -0.4 is 10.6 Å². The normalized spacial score (nSPS) is 17.1. The van der Waals surface area contributed by atoms with Crippen LogP contribution in [0.3, 0.4) is 0 Å². The van der Waals surface area contributed by atoms with Gasteiger partial charge in [0.1, 0.15) is 0 Å². The molecule has 2 heteroatoms. The minimum atomic E-state index is 0.0828. The van der Waals surface area contributed by atoms with Crippen LogP contribution in [0.15, 0.2) is 24.3 Å². The van der Waals surface area contributed by atoms with Crippen molar-refractivity contribution in [1.29, 1.82) is 0 Å². The van der Waals surface area contributed by atoms with Gasteiger partial charge in [-0.1, -0.05) is 32.9 Å². The van der Waals surface area contributed by atoms with Crippen molar-refractivity contribution in [2.75, 3.05) is 24.5 Å². The van der Waals surface area contributed by atoms with Gasteiger partial charge in [-0.05, 0) is 30.0 Å². The molecule has 0 aromatic heterocycles. The van der Waals surface area contributed by atoms with Crippen LogP contribution in [-0.4, -0.2) is 19.6 Å². The molecule has 0 amide bonds. The lowest BCUT2D eigenvalue weighted by molar-refractivity contribution is 0.399. The van der Waals surface area contributed by atoms with Gasteiger partial charge < -0.3 is 10.6 Å². The Hall–Kier alpha value is -1.02. The third-order valence-electron chi connectivity index (χ3n) is 4.06. The minimum absolute atomic E-state index is 0.0828. The molecule has 1 aliphatic heterocycles. The van der Waals surface area contributed by atoms with E-state index in [4.69, 9.17) is 5.73 Å². The highest BCUT2D eigenvalue weighted by Crippen LogP contribution is 2.29. The number of benzene rings is 1. The molecule has 0 spiro atoms. The van der Waals surface area contributed by atoms with E-state index in [1.807, 2.05) is 0 Å². The first-order valence-electron chi connectivity index (χ1n) is 6.62. The summed E-state index contributed by atoms with van der Waals surface area (Å²) in [5, 5.41) is 0. The quantitative estimate of drug-likeness (QED) is 0.865. The number of rotatable bonds is 4. The first kappa shape index (κ1) is 12.4. The predicted octanol–water partition coefficient (Wildman–Crippen LogP) is 2.77. The van der Waals surface area contributed by atoms with Crippen molar-refractivity contribution in [1.82, 2.24) is 0 Å². The van der Waals surface area contributed by atoms with Crippen LogP contribution in [0.25, 0.3) is 0 Å². The fraction of sp³-hybridized carbons (Fsp3) is 0.600. The summed E-state index contributed by atoms with van der Waals surface area (Å²) in [7, 11) is 0. The summed E-state index contributed by atoms with van der Waals surface area (Å²) in [5.74, 6) is 0.898. The van der Waals surface area contributed by atoms with Gasteiger partial charge in [-0.25, -0.2) is 0 Å². The maximum absolute atomic E-state index is 5.80. The van der Waals surface area contributed by atoms with Gasteiger partial charge in [-0.3, -0.25) is 0 Å². The highest BCUT2D eigenvalue weighted by atomic mass is 15.2. The number of nitrogens with zero attached hydrogens (tertiary/aromatic N) is 1. The first-order chi connectivity index (χ1) is 8.06. The zero-order chi connectivity index (χ0) is 12.5. The largest absolute Gasteiger partial charge is 0.371 e. The predicted molar refractivity (Wildman–Crippen MR) is 74.5 cm³/mol. The van der Waals surface area contributed by atoms with Crippen LogP contribution >= 0.6 is 0 Å². The highest BCUT2D eigenvalue weighted by Gasteiger charge is 2.25. The summed E-state index contributed by atoms with van der Waals surface area (Å²) < 4.78 is 0. The topological polar surface area (TPSA) is 29.3 Å². The van der Waals surface area contributed by atoms with Crippen LogP contribution in [0, 0.1) is 5.92 Å². The van der Waals surface area contributed by atoms with Gasteiger partial charge in [0.2, 0.25) is 0 Å². The molecule has 2 N–H and O–H groups in total. The van der Waals surface area contributed by atoms with Gasteiger partial charge in [0.05, 0.1) is 0 Å². The van der Waals surface area contributed by atoms with Gasteiger partial charge in [0.15, 0.2) is 0 Å². The zero-order valence-corrected chi connectivity index (χ0v) is 11.2. The fourth-order valence-corrected chi connectivity index (χ4v) is 2.28. The van der Waals surface area contributed by atoms with E-state index in [1.54, 1.807) is 0 Å². The van der Waals surface area contributed by atoms with Crippen LogP contribution in [0.5, 0.6) is 0 Å². The molecule has 17 heavy (non-hydrogen) atoms. The van der Waals surface area contributed by atoms with Crippen molar-refractivity contribution in [2.24, 2.45) is 11.7 Å². The molecule has 1 aliphatic rings. The van der Waals surface area contributed by atoms with E-state index in [0.29, 0.717) is 6.54 Å².